The molecule has 122 valence electrons. The third kappa shape index (κ3) is 4.69. The summed E-state index contributed by atoms with van der Waals surface area (Å²) in [6.45, 7) is 3.05. The van der Waals surface area contributed by atoms with E-state index in [2.05, 4.69) is 21.2 Å². The van der Waals surface area contributed by atoms with E-state index in [4.69, 9.17) is 9.84 Å². The molecule has 2 unspecified atom stereocenters. The molecule has 0 saturated heterocycles. The van der Waals surface area contributed by atoms with Gasteiger partial charge in [-0.25, -0.2) is 0 Å². The van der Waals surface area contributed by atoms with Crippen molar-refractivity contribution in [1.29, 1.82) is 0 Å². The van der Waals surface area contributed by atoms with Crippen LogP contribution in [0.25, 0.3) is 10.8 Å². The zero-order chi connectivity index (χ0) is 17.0. The molecule has 2 N–H and O–H groups in total. The van der Waals surface area contributed by atoms with Crippen LogP contribution in [0, 0.1) is 5.92 Å². The van der Waals surface area contributed by atoms with Gasteiger partial charge in [-0.2, -0.15) is 0 Å². The maximum absolute atomic E-state index is 11.8. The van der Waals surface area contributed by atoms with E-state index >= 15 is 0 Å². The molecule has 5 nitrogen and oxygen atoms in total. The molecule has 1 amide bonds. The maximum Gasteiger partial charge on any atom is 0.308 e. The number of amides is 1. The first-order valence-corrected chi connectivity index (χ1v) is 8.00. The minimum absolute atomic E-state index is 0.154. The van der Waals surface area contributed by atoms with Gasteiger partial charge in [-0.1, -0.05) is 28.1 Å². The average Bonchev–Trinajstić information content (AvgIpc) is 2.51. The van der Waals surface area contributed by atoms with Crippen LogP contribution in [0.5, 0.6) is 5.75 Å². The van der Waals surface area contributed by atoms with Crippen LogP contribution in [0.3, 0.4) is 0 Å². The molecule has 0 aromatic heterocycles. The summed E-state index contributed by atoms with van der Waals surface area (Å²) >= 11 is 3.42. The summed E-state index contributed by atoms with van der Waals surface area (Å²) in [5.74, 6) is -1.35. The average molecular weight is 380 g/mol. The second-order valence-electron chi connectivity index (χ2n) is 5.43. The smallest absolute Gasteiger partial charge is 0.308 e. The molecule has 2 rings (SSSR count). The van der Waals surface area contributed by atoms with Crippen molar-refractivity contribution in [2.45, 2.75) is 19.9 Å². The number of benzene rings is 2. The van der Waals surface area contributed by atoms with Crippen molar-refractivity contribution in [2.24, 2.45) is 5.92 Å². The lowest BCUT2D eigenvalue weighted by Gasteiger charge is -2.17. The van der Waals surface area contributed by atoms with E-state index < -0.39 is 17.9 Å². The fraction of sp³-hybridized carbons (Fsp3) is 0.294. The van der Waals surface area contributed by atoms with Crippen molar-refractivity contribution in [3.63, 3.8) is 0 Å². The summed E-state index contributed by atoms with van der Waals surface area (Å²) in [5, 5.41) is 13.6. The summed E-state index contributed by atoms with van der Waals surface area (Å²) in [6.07, 6.45) is 0. The fourth-order valence-corrected chi connectivity index (χ4v) is 2.45. The molecular formula is C17H18BrNO4. The number of carbonyl (C=O) groups excluding carboxylic acids is 1. The Morgan fingerprint density at radius 3 is 2.52 bits per heavy atom. The Balaban J connectivity index is 1.94. The zero-order valence-corrected chi connectivity index (χ0v) is 14.5. The predicted molar refractivity (Wildman–Crippen MR) is 91.5 cm³/mol. The predicted octanol–water partition coefficient (Wildman–Crippen LogP) is 3.21. The van der Waals surface area contributed by atoms with E-state index in [1.165, 1.54) is 0 Å². The van der Waals surface area contributed by atoms with Crippen molar-refractivity contribution in [2.75, 3.05) is 6.61 Å². The number of rotatable bonds is 6. The standard InChI is InChI=1S/C17H18BrNO4/c1-10(17(21)22)11(2)19-16(20)9-23-15-6-4-12-7-14(18)5-3-13(12)8-15/h3-8,10-11H,9H2,1-2H3,(H,19,20)(H,21,22). The van der Waals surface area contributed by atoms with Gasteiger partial charge in [0.15, 0.2) is 6.61 Å². The number of fused-ring (bicyclic) bond motifs is 1. The van der Waals surface area contributed by atoms with Crippen LogP contribution in [0.1, 0.15) is 13.8 Å². The number of ether oxygens (including phenoxy) is 1. The third-order valence-corrected chi connectivity index (χ3v) is 4.17. The molecule has 23 heavy (non-hydrogen) atoms. The highest BCUT2D eigenvalue weighted by Gasteiger charge is 2.20. The highest BCUT2D eigenvalue weighted by atomic mass is 79.9. The molecule has 0 aliphatic heterocycles. The minimum Gasteiger partial charge on any atom is -0.484 e. The molecular weight excluding hydrogens is 362 g/mol. The first-order chi connectivity index (χ1) is 10.9. The number of carboxylic acids is 1. The van der Waals surface area contributed by atoms with Gasteiger partial charge in [0, 0.05) is 10.5 Å². The highest BCUT2D eigenvalue weighted by molar-refractivity contribution is 9.10. The Kier molecular flexibility index (Phi) is 5.60. The SMILES string of the molecule is CC(NC(=O)COc1ccc2cc(Br)ccc2c1)C(C)C(=O)O. The Morgan fingerprint density at radius 1 is 1.17 bits per heavy atom. The van der Waals surface area contributed by atoms with Crippen molar-refractivity contribution in [1.82, 2.24) is 5.32 Å². The van der Waals surface area contributed by atoms with E-state index in [0.717, 1.165) is 15.2 Å². The Labute approximate surface area is 142 Å². The van der Waals surface area contributed by atoms with Crippen LogP contribution in [-0.4, -0.2) is 29.6 Å². The molecule has 0 saturated carbocycles. The number of hydrogen-bond donors (Lipinski definition) is 2. The topological polar surface area (TPSA) is 75.6 Å². The van der Waals surface area contributed by atoms with Crippen LogP contribution in [-0.2, 0) is 9.59 Å². The van der Waals surface area contributed by atoms with Gasteiger partial charge >= 0.3 is 5.97 Å². The normalized spacial score (nSPS) is 13.3. The van der Waals surface area contributed by atoms with E-state index in [-0.39, 0.29) is 12.5 Å². The maximum atomic E-state index is 11.8. The number of halogens is 1. The van der Waals surface area contributed by atoms with E-state index in [1.54, 1.807) is 19.9 Å². The summed E-state index contributed by atoms with van der Waals surface area (Å²) < 4.78 is 6.48. The second kappa shape index (κ2) is 7.46. The Hall–Kier alpha value is -2.08. The lowest BCUT2D eigenvalue weighted by molar-refractivity contribution is -0.142. The number of nitrogens with one attached hydrogen (secondary N) is 1. The zero-order valence-electron chi connectivity index (χ0n) is 12.9. The monoisotopic (exact) mass is 379 g/mol. The lowest BCUT2D eigenvalue weighted by atomic mass is 10.0. The third-order valence-electron chi connectivity index (χ3n) is 3.67. The van der Waals surface area contributed by atoms with Crippen LogP contribution in [0.4, 0.5) is 0 Å². The van der Waals surface area contributed by atoms with Crippen LogP contribution >= 0.6 is 15.9 Å². The van der Waals surface area contributed by atoms with Gasteiger partial charge in [0.2, 0.25) is 0 Å². The second-order valence-corrected chi connectivity index (χ2v) is 6.34. The number of hydrogen-bond acceptors (Lipinski definition) is 3. The molecule has 2 atom stereocenters. The van der Waals surface area contributed by atoms with Gasteiger partial charge in [0.1, 0.15) is 5.75 Å². The molecule has 0 spiro atoms. The van der Waals surface area contributed by atoms with Gasteiger partial charge in [0.25, 0.3) is 5.91 Å². The quantitative estimate of drug-likeness (QED) is 0.807. The molecule has 0 bridgehead atoms. The van der Waals surface area contributed by atoms with Crippen LogP contribution in [0.15, 0.2) is 40.9 Å². The van der Waals surface area contributed by atoms with E-state index in [1.807, 2.05) is 30.3 Å². The van der Waals surface area contributed by atoms with Gasteiger partial charge in [-0.15, -0.1) is 0 Å². The fourth-order valence-electron chi connectivity index (χ4n) is 2.07. The van der Waals surface area contributed by atoms with Gasteiger partial charge < -0.3 is 15.2 Å². The molecule has 0 fully saturated rings. The summed E-state index contributed by atoms with van der Waals surface area (Å²) in [4.78, 5) is 22.7. The van der Waals surface area contributed by atoms with Crippen LogP contribution in [0.2, 0.25) is 0 Å². The number of aliphatic carboxylic acids is 1. The van der Waals surface area contributed by atoms with Crippen LogP contribution < -0.4 is 10.1 Å². The van der Waals surface area contributed by atoms with Gasteiger partial charge in [-0.05, 0) is 48.9 Å². The van der Waals surface area contributed by atoms with Crippen molar-refractivity contribution >= 4 is 38.6 Å². The molecule has 0 radical (unpaired) electrons. The Bertz CT molecular complexity index is 732. The van der Waals surface area contributed by atoms with E-state index in [0.29, 0.717) is 5.75 Å². The molecule has 0 aliphatic rings. The molecule has 2 aromatic carbocycles. The number of carbonyl (C=O) groups is 2. The molecule has 0 aliphatic carbocycles. The van der Waals surface area contributed by atoms with E-state index in [9.17, 15) is 9.59 Å². The molecule has 0 heterocycles. The molecule has 6 heteroatoms. The Morgan fingerprint density at radius 2 is 1.83 bits per heavy atom. The summed E-state index contributed by atoms with van der Waals surface area (Å²) in [7, 11) is 0. The highest BCUT2D eigenvalue weighted by Crippen LogP contribution is 2.24. The van der Waals surface area contributed by atoms with Gasteiger partial charge in [0.05, 0.1) is 5.92 Å². The first kappa shape index (κ1) is 17.3. The summed E-state index contributed by atoms with van der Waals surface area (Å²) in [5.41, 5.74) is 0. The largest absolute Gasteiger partial charge is 0.484 e. The van der Waals surface area contributed by atoms with Gasteiger partial charge in [-0.3, -0.25) is 9.59 Å². The van der Waals surface area contributed by atoms with Crippen molar-refractivity contribution in [3.8, 4) is 5.75 Å². The van der Waals surface area contributed by atoms with Crippen molar-refractivity contribution < 1.29 is 19.4 Å². The molecule has 2 aromatic rings. The summed E-state index contributed by atoms with van der Waals surface area (Å²) in [6, 6.07) is 11.0. The lowest BCUT2D eigenvalue weighted by Crippen LogP contribution is -2.42. The minimum atomic E-state index is -0.945. The number of carboxylic acid groups (broad SMARTS) is 1. The first-order valence-electron chi connectivity index (χ1n) is 7.21. The van der Waals surface area contributed by atoms with Crippen molar-refractivity contribution in [3.05, 3.63) is 40.9 Å².